The third-order valence-electron chi connectivity index (χ3n) is 1.23. The van der Waals surface area contributed by atoms with Crippen LogP contribution in [0, 0.1) is 0 Å². The van der Waals surface area contributed by atoms with E-state index < -0.39 is 0 Å². The summed E-state index contributed by atoms with van der Waals surface area (Å²) in [6, 6.07) is 0. The molecule has 0 saturated carbocycles. The van der Waals surface area contributed by atoms with Crippen molar-refractivity contribution >= 4 is 27.4 Å². The number of hydrogen-bond donors (Lipinski definition) is 1. The van der Waals surface area contributed by atoms with Crippen LogP contribution in [0.1, 0.15) is 21.7 Å². The molecule has 0 aromatic rings. The van der Waals surface area contributed by atoms with Gasteiger partial charge in [-0.05, 0) is 13.5 Å². The molecule has 0 radical (unpaired) electrons. The highest BCUT2D eigenvalue weighted by Gasteiger charge is 1.93. The van der Waals surface area contributed by atoms with Crippen LogP contribution in [0.25, 0.3) is 0 Å². The largest absolute Gasteiger partial charge is 0.316 e. The molecular formula is C8H19NOS2. The number of carbonyl (C=O) groups is 1. The minimum absolute atomic E-state index is 0. The fourth-order valence-electron chi connectivity index (χ4n) is 0.594. The minimum atomic E-state index is 0. The molecule has 0 atom stereocenters. The van der Waals surface area contributed by atoms with Crippen LogP contribution in [-0.2, 0) is 4.79 Å². The summed E-state index contributed by atoms with van der Waals surface area (Å²) in [6.45, 7) is 5.85. The molecule has 0 heterocycles. The molecule has 0 fully saturated rings. The van der Waals surface area contributed by atoms with Gasteiger partial charge in [-0.25, -0.2) is 0 Å². The third-order valence-corrected chi connectivity index (χ3v) is 3.64. The van der Waals surface area contributed by atoms with Crippen molar-refractivity contribution in [2.24, 2.45) is 0 Å². The Morgan fingerprint density at radius 3 is 2.67 bits per heavy atom. The Morgan fingerprint density at radius 1 is 1.42 bits per heavy atom. The van der Waals surface area contributed by atoms with Crippen molar-refractivity contribution < 1.29 is 6.22 Å². The van der Waals surface area contributed by atoms with Gasteiger partial charge >= 0.3 is 0 Å². The molecule has 0 aliphatic heterocycles. The number of ketones is 1. The summed E-state index contributed by atoms with van der Waals surface area (Å²) >= 11 is 0. The topological polar surface area (TPSA) is 29.1 Å². The number of carbonyl (C=O) groups excluding carboxylic acids is 1. The average molecular weight is 209 g/mol. The molecule has 0 rings (SSSR count). The Labute approximate surface area is 84.1 Å². The van der Waals surface area contributed by atoms with Gasteiger partial charge in [0.2, 0.25) is 0 Å². The van der Waals surface area contributed by atoms with Crippen LogP contribution >= 0.6 is 21.6 Å². The molecule has 0 saturated heterocycles. The molecule has 12 heavy (non-hydrogen) atoms. The minimum Gasteiger partial charge on any atom is -0.316 e. The quantitative estimate of drug-likeness (QED) is 0.490. The Balaban J connectivity index is 0. The van der Waals surface area contributed by atoms with Crippen LogP contribution in [0.4, 0.5) is 0 Å². The molecule has 0 aromatic heterocycles. The summed E-state index contributed by atoms with van der Waals surface area (Å²) in [5.74, 6) is 2.36. The predicted molar refractivity (Wildman–Crippen MR) is 60.9 cm³/mol. The maximum Gasteiger partial charge on any atom is 0.130 e. The van der Waals surface area contributed by atoms with Crippen molar-refractivity contribution in [3.63, 3.8) is 0 Å². The first kappa shape index (κ1) is 12.3. The molecule has 1 N–H and O–H groups in total. The van der Waals surface area contributed by atoms with Crippen LogP contribution in [0.3, 0.4) is 0 Å². The van der Waals surface area contributed by atoms with E-state index in [1.54, 1.807) is 17.7 Å². The van der Waals surface area contributed by atoms with Crippen LogP contribution in [0.5, 0.6) is 0 Å². The Bertz CT molecular complexity index is 125. The molecule has 0 aliphatic carbocycles. The van der Waals surface area contributed by atoms with Gasteiger partial charge in [0.15, 0.2) is 0 Å². The lowest BCUT2D eigenvalue weighted by Gasteiger charge is -2.00. The van der Waals surface area contributed by atoms with Gasteiger partial charge < -0.3 is 5.32 Å². The van der Waals surface area contributed by atoms with Crippen LogP contribution < -0.4 is 5.32 Å². The smallest absolute Gasteiger partial charge is 0.130 e. The van der Waals surface area contributed by atoms with E-state index in [9.17, 15) is 4.79 Å². The summed E-state index contributed by atoms with van der Waals surface area (Å²) in [6.07, 6.45) is 0.707. The predicted octanol–water partition coefficient (Wildman–Crippen LogP) is 2.20. The lowest BCUT2D eigenvalue weighted by Crippen LogP contribution is -2.15. The van der Waals surface area contributed by atoms with Gasteiger partial charge in [0.05, 0.1) is 0 Å². The highest BCUT2D eigenvalue weighted by atomic mass is 33.1. The van der Waals surface area contributed by atoms with E-state index in [1.807, 2.05) is 10.8 Å². The zero-order valence-electron chi connectivity index (χ0n) is 7.76. The molecule has 0 unspecified atom stereocenters. The highest BCUT2D eigenvalue weighted by molar-refractivity contribution is 8.76. The van der Waals surface area contributed by atoms with E-state index in [2.05, 4.69) is 12.2 Å². The van der Waals surface area contributed by atoms with E-state index in [1.165, 1.54) is 0 Å². The molecule has 4 heteroatoms. The van der Waals surface area contributed by atoms with Crippen molar-refractivity contribution in [3.05, 3.63) is 0 Å². The third kappa shape index (κ3) is 10.3. The first-order chi connectivity index (χ1) is 5.77. The first-order valence-electron chi connectivity index (χ1n) is 4.22. The van der Waals surface area contributed by atoms with Gasteiger partial charge in [0, 0.05) is 25.9 Å². The van der Waals surface area contributed by atoms with Crippen molar-refractivity contribution in [2.45, 2.75) is 20.3 Å². The summed E-state index contributed by atoms with van der Waals surface area (Å²) in [4.78, 5) is 10.5. The van der Waals surface area contributed by atoms with E-state index in [4.69, 9.17) is 0 Å². The van der Waals surface area contributed by atoms with Crippen molar-refractivity contribution in [2.75, 3.05) is 24.6 Å². The summed E-state index contributed by atoms with van der Waals surface area (Å²) < 4.78 is 0. The summed E-state index contributed by atoms with van der Waals surface area (Å²) in [5, 5.41) is 3.25. The van der Waals surface area contributed by atoms with Crippen LogP contribution in [0.15, 0.2) is 0 Å². The Morgan fingerprint density at radius 2 is 2.08 bits per heavy atom. The first-order valence-corrected chi connectivity index (χ1v) is 6.70. The number of hydrogen-bond acceptors (Lipinski definition) is 4. The highest BCUT2D eigenvalue weighted by Crippen LogP contribution is 2.20. The fraction of sp³-hybridized carbons (Fsp3) is 0.875. The van der Waals surface area contributed by atoms with Gasteiger partial charge in [0.25, 0.3) is 0 Å². The summed E-state index contributed by atoms with van der Waals surface area (Å²) in [7, 11) is 3.62. The second kappa shape index (κ2) is 9.42. The Kier molecular flexibility index (Phi) is 9.68. The van der Waals surface area contributed by atoms with E-state index >= 15 is 0 Å². The number of nitrogens with one attached hydrogen (secondary N) is 1. The monoisotopic (exact) mass is 209 g/mol. The molecule has 0 spiro atoms. The van der Waals surface area contributed by atoms with E-state index in [0.29, 0.717) is 6.42 Å². The van der Waals surface area contributed by atoms with Gasteiger partial charge in [-0.1, -0.05) is 28.5 Å². The maximum absolute atomic E-state index is 10.5. The second-order valence-electron chi connectivity index (χ2n) is 2.45. The summed E-state index contributed by atoms with van der Waals surface area (Å²) in [5.41, 5.74) is 0. The average Bonchev–Trinajstić information content (AvgIpc) is 2.02. The van der Waals surface area contributed by atoms with E-state index in [0.717, 1.165) is 24.6 Å². The van der Waals surface area contributed by atoms with E-state index in [-0.39, 0.29) is 7.21 Å². The molecule has 74 valence electrons. The van der Waals surface area contributed by atoms with Crippen LogP contribution in [-0.4, -0.2) is 30.4 Å². The lowest BCUT2D eigenvalue weighted by atomic mass is 10.4. The lowest BCUT2D eigenvalue weighted by molar-refractivity contribution is -0.116. The SMILES string of the molecule is CCNCCSSCCC(C)=O.[HH]. The molecule has 0 bridgehead atoms. The van der Waals surface area contributed by atoms with Gasteiger partial charge in [0.1, 0.15) is 5.78 Å². The fourth-order valence-corrected chi connectivity index (χ4v) is 2.64. The van der Waals surface area contributed by atoms with Gasteiger partial charge in [-0.2, -0.15) is 0 Å². The molecule has 0 amide bonds. The van der Waals surface area contributed by atoms with Gasteiger partial charge in [-0.15, -0.1) is 0 Å². The zero-order valence-corrected chi connectivity index (χ0v) is 9.39. The van der Waals surface area contributed by atoms with Crippen LogP contribution in [0.2, 0.25) is 0 Å². The molecule has 0 aromatic carbocycles. The number of Topliss-reactive ketones (excluding diaryl/α,β-unsaturated/α-hetero) is 1. The number of rotatable bonds is 8. The molecular weight excluding hydrogens is 190 g/mol. The van der Waals surface area contributed by atoms with Gasteiger partial charge in [-0.3, -0.25) is 4.79 Å². The molecule has 0 aliphatic rings. The normalized spacial score (nSPS) is 10.2. The molecule has 2 nitrogen and oxygen atoms in total. The second-order valence-corrected chi connectivity index (χ2v) is 5.15. The van der Waals surface area contributed by atoms with Crippen molar-refractivity contribution in [1.29, 1.82) is 0 Å². The Hall–Kier alpha value is 0.330. The van der Waals surface area contributed by atoms with Crippen molar-refractivity contribution in [1.82, 2.24) is 5.32 Å². The zero-order chi connectivity index (χ0) is 9.23. The standard InChI is InChI=1S/C8H17NOS2.H2/c1-3-9-5-7-12-11-6-4-8(2)10;/h9H,3-7H2,1-2H3;1H. The maximum atomic E-state index is 10.5. The van der Waals surface area contributed by atoms with Crippen molar-refractivity contribution in [3.8, 4) is 0 Å².